The molecule has 0 aromatic carbocycles. The van der Waals surface area contributed by atoms with E-state index < -0.39 is 12.6 Å². The number of alkyl halides is 3. The van der Waals surface area contributed by atoms with Crippen molar-refractivity contribution in [3.8, 4) is 0 Å². The number of methoxy groups -OCH3 is 1. The predicted octanol–water partition coefficient (Wildman–Crippen LogP) is 2.02. The van der Waals surface area contributed by atoms with Crippen molar-refractivity contribution in [1.82, 2.24) is 0 Å². The summed E-state index contributed by atoms with van der Waals surface area (Å²) in [6, 6.07) is 0. The zero-order valence-electron chi connectivity index (χ0n) is 5.82. The molecule has 1 unspecified atom stereocenters. The fourth-order valence-corrected chi connectivity index (χ4v) is 0.549. The normalized spacial score (nSPS) is 14.1. The number of hydrogen-bond acceptors (Lipinski definition) is 1. The molecule has 0 aromatic rings. The summed E-state index contributed by atoms with van der Waals surface area (Å²) < 4.78 is 39.5. The highest BCUT2D eigenvalue weighted by molar-refractivity contribution is 4.57. The standard InChI is InChI=1S/C6H11F3O/c1-10-4-2-3-5(7)6(8)9/h5-6H,2-4H2,1H3. The number of hydrogen-bond donors (Lipinski definition) is 0. The maximum Gasteiger partial charge on any atom is 0.269 e. The first-order valence-corrected chi connectivity index (χ1v) is 3.09. The zero-order chi connectivity index (χ0) is 7.98. The Balaban J connectivity index is 3.13. The molecule has 0 spiro atoms. The minimum atomic E-state index is -2.85. The molecule has 0 aromatic heterocycles. The molecule has 1 nitrogen and oxygen atoms in total. The van der Waals surface area contributed by atoms with E-state index in [1.165, 1.54) is 7.11 Å². The molecule has 0 saturated heterocycles. The summed E-state index contributed by atoms with van der Waals surface area (Å²) in [4.78, 5) is 0. The molecular weight excluding hydrogens is 145 g/mol. The van der Waals surface area contributed by atoms with Crippen molar-refractivity contribution in [2.75, 3.05) is 13.7 Å². The summed E-state index contributed by atoms with van der Waals surface area (Å²) in [7, 11) is 1.45. The summed E-state index contributed by atoms with van der Waals surface area (Å²) in [6.45, 7) is 0.340. The first-order valence-electron chi connectivity index (χ1n) is 3.09. The molecule has 0 rings (SSSR count). The molecule has 0 amide bonds. The van der Waals surface area contributed by atoms with E-state index >= 15 is 0 Å². The van der Waals surface area contributed by atoms with Gasteiger partial charge in [-0.3, -0.25) is 0 Å². The van der Waals surface area contributed by atoms with Crippen LogP contribution in [0.4, 0.5) is 13.2 Å². The lowest BCUT2D eigenvalue weighted by Crippen LogP contribution is -2.12. The quantitative estimate of drug-likeness (QED) is 0.553. The van der Waals surface area contributed by atoms with E-state index in [4.69, 9.17) is 0 Å². The van der Waals surface area contributed by atoms with Crippen molar-refractivity contribution in [2.24, 2.45) is 0 Å². The molecule has 62 valence electrons. The molecule has 0 aliphatic heterocycles. The number of halogens is 3. The van der Waals surface area contributed by atoms with Crippen LogP contribution in [0.5, 0.6) is 0 Å². The average molecular weight is 156 g/mol. The van der Waals surface area contributed by atoms with Crippen molar-refractivity contribution < 1.29 is 17.9 Å². The summed E-state index contributed by atoms with van der Waals surface area (Å²) in [5.41, 5.74) is 0. The van der Waals surface area contributed by atoms with Crippen LogP contribution in [0.3, 0.4) is 0 Å². The van der Waals surface area contributed by atoms with Crippen molar-refractivity contribution >= 4 is 0 Å². The fraction of sp³-hybridized carbons (Fsp3) is 1.00. The lowest BCUT2D eigenvalue weighted by molar-refractivity contribution is 0.0401. The van der Waals surface area contributed by atoms with E-state index in [0.717, 1.165) is 0 Å². The van der Waals surface area contributed by atoms with Crippen LogP contribution in [0.2, 0.25) is 0 Å². The van der Waals surface area contributed by atoms with Crippen LogP contribution < -0.4 is 0 Å². The van der Waals surface area contributed by atoms with Crippen LogP contribution in [0.1, 0.15) is 12.8 Å². The third-order valence-electron chi connectivity index (χ3n) is 1.10. The first kappa shape index (κ1) is 9.75. The van der Waals surface area contributed by atoms with Crippen molar-refractivity contribution in [2.45, 2.75) is 25.4 Å². The molecular formula is C6H11F3O. The highest BCUT2D eigenvalue weighted by Gasteiger charge is 2.17. The molecule has 0 N–H and O–H groups in total. The van der Waals surface area contributed by atoms with Gasteiger partial charge >= 0.3 is 0 Å². The Labute approximate surface area is 58.2 Å². The van der Waals surface area contributed by atoms with Gasteiger partial charge in [0.1, 0.15) is 0 Å². The van der Waals surface area contributed by atoms with Crippen molar-refractivity contribution in [3.05, 3.63) is 0 Å². The Morgan fingerprint density at radius 1 is 1.30 bits per heavy atom. The smallest absolute Gasteiger partial charge is 0.269 e. The van der Waals surface area contributed by atoms with Gasteiger partial charge < -0.3 is 4.74 Å². The Kier molecular flexibility index (Phi) is 5.39. The van der Waals surface area contributed by atoms with Gasteiger partial charge in [-0.2, -0.15) is 0 Å². The van der Waals surface area contributed by atoms with E-state index in [-0.39, 0.29) is 6.42 Å². The van der Waals surface area contributed by atoms with E-state index in [9.17, 15) is 13.2 Å². The summed E-state index contributed by atoms with van der Waals surface area (Å²) in [5, 5.41) is 0. The third kappa shape index (κ3) is 4.61. The molecule has 4 heteroatoms. The van der Waals surface area contributed by atoms with Crippen LogP contribution in [0, 0.1) is 0 Å². The molecule has 0 heterocycles. The van der Waals surface area contributed by atoms with Crippen LogP contribution in [0.25, 0.3) is 0 Å². The number of rotatable bonds is 5. The van der Waals surface area contributed by atoms with Gasteiger partial charge in [0.2, 0.25) is 0 Å². The Morgan fingerprint density at radius 3 is 2.30 bits per heavy atom. The van der Waals surface area contributed by atoms with Crippen molar-refractivity contribution in [3.63, 3.8) is 0 Å². The maximum atomic E-state index is 12.0. The van der Waals surface area contributed by atoms with Gasteiger partial charge in [-0.1, -0.05) is 0 Å². The molecule has 0 bridgehead atoms. The minimum absolute atomic E-state index is 0.120. The van der Waals surface area contributed by atoms with Gasteiger partial charge in [-0.15, -0.1) is 0 Å². The lowest BCUT2D eigenvalue weighted by atomic mass is 10.2. The number of ether oxygens (including phenoxy) is 1. The minimum Gasteiger partial charge on any atom is -0.385 e. The molecule has 0 aliphatic carbocycles. The van der Waals surface area contributed by atoms with Crippen LogP contribution in [-0.4, -0.2) is 26.3 Å². The Bertz CT molecular complexity index is 77.4. The Hall–Kier alpha value is -0.250. The van der Waals surface area contributed by atoms with Gasteiger partial charge in [-0.05, 0) is 12.8 Å². The second-order valence-corrected chi connectivity index (χ2v) is 1.99. The van der Waals surface area contributed by atoms with Crippen LogP contribution in [0.15, 0.2) is 0 Å². The molecule has 0 aliphatic rings. The Morgan fingerprint density at radius 2 is 1.90 bits per heavy atom. The van der Waals surface area contributed by atoms with Gasteiger partial charge in [0, 0.05) is 13.7 Å². The van der Waals surface area contributed by atoms with Crippen LogP contribution in [-0.2, 0) is 4.74 Å². The molecule has 0 fully saturated rings. The highest BCUT2D eigenvalue weighted by atomic mass is 19.3. The van der Waals surface area contributed by atoms with E-state index in [0.29, 0.717) is 13.0 Å². The second kappa shape index (κ2) is 5.53. The monoisotopic (exact) mass is 156 g/mol. The average Bonchev–Trinajstić information content (AvgIpc) is 1.88. The first-order chi connectivity index (χ1) is 4.68. The highest BCUT2D eigenvalue weighted by Crippen LogP contribution is 2.11. The van der Waals surface area contributed by atoms with E-state index in [1.54, 1.807) is 0 Å². The van der Waals surface area contributed by atoms with Crippen LogP contribution >= 0.6 is 0 Å². The second-order valence-electron chi connectivity index (χ2n) is 1.99. The molecule has 10 heavy (non-hydrogen) atoms. The predicted molar refractivity (Wildman–Crippen MR) is 32.0 cm³/mol. The largest absolute Gasteiger partial charge is 0.385 e. The van der Waals surface area contributed by atoms with Gasteiger partial charge in [0.05, 0.1) is 0 Å². The van der Waals surface area contributed by atoms with Gasteiger partial charge in [-0.25, -0.2) is 13.2 Å². The van der Waals surface area contributed by atoms with Gasteiger partial charge in [0.15, 0.2) is 6.17 Å². The van der Waals surface area contributed by atoms with E-state index in [1.807, 2.05) is 0 Å². The fourth-order valence-electron chi connectivity index (χ4n) is 0.549. The van der Waals surface area contributed by atoms with Gasteiger partial charge in [0.25, 0.3) is 6.43 Å². The summed E-state index contributed by atoms with van der Waals surface area (Å²) >= 11 is 0. The maximum absolute atomic E-state index is 12.0. The topological polar surface area (TPSA) is 9.23 Å². The van der Waals surface area contributed by atoms with E-state index in [2.05, 4.69) is 4.74 Å². The molecule has 1 atom stereocenters. The summed E-state index contributed by atoms with van der Waals surface area (Å²) in [6.07, 6.45) is -4.61. The third-order valence-corrected chi connectivity index (χ3v) is 1.10. The lowest BCUT2D eigenvalue weighted by Gasteiger charge is -2.04. The zero-order valence-corrected chi connectivity index (χ0v) is 5.82. The van der Waals surface area contributed by atoms with Crippen molar-refractivity contribution in [1.29, 1.82) is 0 Å². The molecule has 0 saturated carbocycles. The summed E-state index contributed by atoms with van der Waals surface area (Å²) in [5.74, 6) is 0. The molecule has 0 radical (unpaired) electrons. The SMILES string of the molecule is COCCCC(F)C(F)F.